The third kappa shape index (κ3) is 3.07. The predicted octanol–water partition coefficient (Wildman–Crippen LogP) is 3.98. The van der Waals surface area contributed by atoms with Gasteiger partial charge in [0.05, 0.1) is 0 Å². The lowest BCUT2D eigenvalue weighted by molar-refractivity contribution is 0.513. The van der Waals surface area contributed by atoms with Gasteiger partial charge in [-0.2, -0.15) is 0 Å². The fourth-order valence-corrected chi connectivity index (χ4v) is 1.70. The molecule has 72 valence electrons. The molecule has 1 atom stereocenters. The minimum atomic E-state index is 0.233. The van der Waals surface area contributed by atoms with Crippen molar-refractivity contribution >= 4 is 12.6 Å². The van der Waals surface area contributed by atoms with Crippen molar-refractivity contribution < 1.29 is 0 Å². The average Bonchev–Trinajstić information content (AvgIpc) is 2.09. The van der Waals surface area contributed by atoms with Crippen molar-refractivity contribution in [2.75, 3.05) is 0 Å². The van der Waals surface area contributed by atoms with E-state index in [2.05, 4.69) is 64.6 Å². The first-order valence-electron chi connectivity index (χ1n) is 4.71. The van der Waals surface area contributed by atoms with Crippen LogP contribution in [0.4, 0.5) is 0 Å². The van der Waals surface area contributed by atoms with Gasteiger partial charge in [-0.05, 0) is 23.0 Å². The Morgan fingerprint density at radius 1 is 1.15 bits per heavy atom. The fraction of sp³-hybridized carbons (Fsp3) is 0.500. The second-order valence-corrected chi connectivity index (χ2v) is 5.17. The molecule has 0 amide bonds. The van der Waals surface area contributed by atoms with E-state index in [1.54, 1.807) is 0 Å². The van der Waals surface area contributed by atoms with Crippen molar-refractivity contribution in [3.05, 3.63) is 34.8 Å². The molecule has 0 aromatic rings. The third-order valence-corrected chi connectivity index (χ3v) is 2.47. The first kappa shape index (κ1) is 10.6. The van der Waals surface area contributed by atoms with Crippen LogP contribution in [-0.2, 0) is 0 Å². The smallest absolute Gasteiger partial charge is 0.000594 e. The second-order valence-electron chi connectivity index (χ2n) is 4.66. The Bertz CT molecular complexity index is 274. The molecule has 0 saturated heterocycles. The quantitative estimate of drug-likeness (QED) is 0.554. The van der Waals surface area contributed by atoms with Crippen LogP contribution in [0, 0.1) is 11.3 Å². The normalized spacial score (nSPS) is 23.6. The van der Waals surface area contributed by atoms with Crippen LogP contribution in [0.5, 0.6) is 0 Å². The van der Waals surface area contributed by atoms with Crippen molar-refractivity contribution in [3.63, 3.8) is 0 Å². The molecule has 0 aromatic heterocycles. The van der Waals surface area contributed by atoms with Gasteiger partial charge >= 0.3 is 0 Å². The van der Waals surface area contributed by atoms with E-state index in [9.17, 15) is 0 Å². The fourth-order valence-electron chi connectivity index (χ4n) is 1.39. The molecule has 1 rings (SSSR count). The number of thiol groups is 1. The summed E-state index contributed by atoms with van der Waals surface area (Å²) in [6.07, 6.45) is 8.71. The molecule has 13 heavy (non-hydrogen) atoms. The minimum absolute atomic E-state index is 0.233. The van der Waals surface area contributed by atoms with Crippen LogP contribution in [0.25, 0.3) is 0 Å². The molecule has 0 N–H and O–H groups in total. The molecule has 0 aliphatic heterocycles. The van der Waals surface area contributed by atoms with Crippen LogP contribution in [0.3, 0.4) is 0 Å². The number of hydrogen-bond acceptors (Lipinski definition) is 1. The van der Waals surface area contributed by atoms with Crippen molar-refractivity contribution in [2.24, 2.45) is 11.3 Å². The average molecular weight is 194 g/mol. The molecule has 1 unspecified atom stereocenters. The Labute approximate surface area is 86.8 Å². The van der Waals surface area contributed by atoms with E-state index in [-0.39, 0.29) is 5.41 Å². The summed E-state index contributed by atoms with van der Waals surface area (Å²) in [5, 5.41) is 0. The van der Waals surface area contributed by atoms with Gasteiger partial charge in [-0.15, -0.1) is 12.6 Å². The lowest BCUT2D eigenvalue weighted by Gasteiger charge is -2.20. The summed E-state index contributed by atoms with van der Waals surface area (Å²) in [6, 6.07) is 0. The molecular formula is C12H18S. The van der Waals surface area contributed by atoms with Gasteiger partial charge in [0.15, 0.2) is 0 Å². The second kappa shape index (κ2) is 3.75. The predicted molar refractivity (Wildman–Crippen MR) is 62.9 cm³/mol. The molecule has 0 radical (unpaired) electrons. The highest BCUT2D eigenvalue weighted by Gasteiger charge is 2.16. The molecule has 0 fully saturated rings. The van der Waals surface area contributed by atoms with Gasteiger partial charge in [0.2, 0.25) is 0 Å². The molecule has 1 aliphatic rings. The van der Waals surface area contributed by atoms with Gasteiger partial charge in [-0.25, -0.2) is 0 Å². The van der Waals surface area contributed by atoms with Crippen molar-refractivity contribution in [1.29, 1.82) is 0 Å². The van der Waals surface area contributed by atoms with Gasteiger partial charge in [-0.3, -0.25) is 0 Å². The molecule has 1 aliphatic carbocycles. The first-order valence-corrected chi connectivity index (χ1v) is 5.15. The lowest BCUT2D eigenvalue weighted by Crippen LogP contribution is -2.08. The van der Waals surface area contributed by atoms with Gasteiger partial charge in [-0.1, -0.05) is 45.9 Å². The lowest BCUT2D eigenvalue weighted by atomic mass is 9.85. The van der Waals surface area contributed by atoms with Crippen LogP contribution < -0.4 is 0 Å². The molecule has 1 heteroatoms. The van der Waals surface area contributed by atoms with Crippen LogP contribution in [-0.4, -0.2) is 0 Å². The maximum Gasteiger partial charge on any atom is 0.000594 e. The van der Waals surface area contributed by atoms with Crippen LogP contribution in [0.2, 0.25) is 0 Å². The summed E-state index contributed by atoms with van der Waals surface area (Å²) >= 11 is 4.37. The molecule has 0 bridgehead atoms. The van der Waals surface area contributed by atoms with Crippen LogP contribution in [0.15, 0.2) is 34.8 Å². The monoisotopic (exact) mass is 194 g/mol. The van der Waals surface area contributed by atoms with E-state index in [0.717, 1.165) is 4.91 Å². The summed E-state index contributed by atoms with van der Waals surface area (Å²) in [4.78, 5) is 1.06. The van der Waals surface area contributed by atoms with Gasteiger partial charge < -0.3 is 0 Å². The molecule has 0 aromatic carbocycles. The summed E-state index contributed by atoms with van der Waals surface area (Å²) < 4.78 is 0. The maximum absolute atomic E-state index is 4.37. The zero-order valence-electron chi connectivity index (χ0n) is 8.83. The molecule has 0 nitrogen and oxygen atoms in total. The van der Waals surface area contributed by atoms with Gasteiger partial charge in [0, 0.05) is 4.91 Å². The van der Waals surface area contributed by atoms with Gasteiger partial charge in [0.25, 0.3) is 0 Å². The zero-order chi connectivity index (χ0) is 10.1. The van der Waals surface area contributed by atoms with Crippen molar-refractivity contribution in [2.45, 2.75) is 27.7 Å². The summed E-state index contributed by atoms with van der Waals surface area (Å²) in [7, 11) is 0. The Morgan fingerprint density at radius 2 is 1.77 bits per heavy atom. The summed E-state index contributed by atoms with van der Waals surface area (Å²) in [5.41, 5.74) is 1.62. The first-order chi connectivity index (χ1) is 5.89. The van der Waals surface area contributed by atoms with E-state index in [4.69, 9.17) is 0 Å². The molecular weight excluding hydrogens is 176 g/mol. The highest BCUT2D eigenvalue weighted by Crippen LogP contribution is 2.30. The Hall–Kier alpha value is -0.430. The maximum atomic E-state index is 4.37. The standard InChI is InChI=1S/C12H18S/c1-9-7-10(12(2,3)4)5-6-11(13)8-9/h5-9,13H,1-4H3. The van der Waals surface area contributed by atoms with E-state index in [1.807, 2.05) is 0 Å². The summed E-state index contributed by atoms with van der Waals surface area (Å²) in [5.74, 6) is 0.483. The van der Waals surface area contributed by atoms with Crippen molar-refractivity contribution in [3.8, 4) is 0 Å². The minimum Gasteiger partial charge on any atom is -0.144 e. The van der Waals surface area contributed by atoms with E-state index >= 15 is 0 Å². The number of rotatable bonds is 0. The Kier molecular flexibility index (Phi) is 3.07. The highest BCUT2D eigenvalue weighted by atomic mass is 32.1. The van der Waals surface area contributed by atoms with Crippen LogP contribution >= 0.6 is 12.6 Å². The topological polar surface area (TPSA) is 0 Å². The van der Waals surface area contributed by atoms with E-state index in [0.29, 0.717) is 5.92 Å². The van der Waals surface area contributed by atoms with E-state index < -0.39 is 0 Å². The third-order valence-electron chi connectivity index (χ3n) is 2.18. The molecule has 0 saturated carbocycles. The van der Waals surface area contributed by atoms with Crippen LogP contribution in [0.1, 0.15) is 27.7 Å². The van der Waals surface area contributed by atoms with Gasteiger partial charge in [0.1, 0.15) is 0 Å². The zero-order valence-corrected chi connectivity index (χ0v) is 9.73. The Morgan fingerprint density at radius 3 is 2.31 bits per heavy atom. The SMILES string of the molecule is CC1C=C(S)C=CC(C(C)(C)C)=C1. The van der Waals surface area contributed by atoms with Crippen molar-refractivity contribution in [1.82, 2.24) is 0 Å². The highest BCUT2D eigenvalue weighted by molar-refractivity contribution is 7.84. The summed E-state index contributed by atoms with van der Waals surface area (Å²) in [6.45, 7) is 8.90. The van der Waals surface area contributed by atoms with E-state index in [1.165, 1.54) is 5.57 Å². The largest absolute Gasteiger partial charge is 0.144 e. The molecule has 0 heterocycles. The Balaban J connectivity index is 2.97. The number of allylic oxidation sites excluding steroid dienone is 5. The molecule has 0 spiro atoms. The number of hydrogen-bond donors (Lipinski definition) is 1.